The minimum absolute atomic E-state index is 0.217. The number of nitrogens with two attached hydrogens (primary N) is 1. The van der Waals surface area contributed by atoms with Gasteiger partial charge in [0.15, 0.2) is 0 Å². The Morgan fingerprint density at radius 1 is 1.08 bits per heavy atom. The summed E-state index contributed by atoms with van der Waals surface area (Å²) in [6.45, 7) is 0.358. The molecule has 0 aliphatic carbocycles. The second kappa shape index (κ2) is 5.92. The van der Waals surface area contributed by atoms with Crippen LogP contribution in [0.3, 0.4) is 0 Å². The molecule has 118 valence electrons. The van der Waals surface area contributed by atoms with Gasteiger partial charge in [-0.3, -0.25) is 0 Å². The number of fused-ring (bicyclic) bond motifs is 1. The highest BCUT2D eigenvalue weighted by atomic mass is 16.5. The van der Waals surface area contributed by atoms with E-state index in [-0.39, 0.29) is 5.95 Å². The summed E-state index contributed by atoms with van der Waals surface area (Å²) >= 11 is 0. The number of nitrogen functional groups attached to an aromatic ring is 1. The van der Waals surface area contributed by atoms with Crippen molar-refractivity contribution in [3.05, 3.63) is 55.0 Å². The summed E-state index contributed by atoms with van der Waals surface area (Å²) in [7, 11) is 0. The number of hydrogen-bond acceptors (Lipinski definition) is 7. The highest BCUT2D eigenvalue weighted by Crippen LogP contribution is 2.33. The molecule has 3 N–H and O–H groups in total. The topological polar surface area (TPSA) is 115 Å². The maximum Gasteiger partial charge on any atom is 0.220 e. The molecule has 4 rings (SSSR count). The van der Waals surface area contributed by atoms with E-state index in [1.54, 1.807) is 30.9 Å². The molecule has 0 aliphatic heterocycles. The van der Waals surface area contributed by atoms with Crippen LogP contribution in [0.15, 0.2) is 49.4 Å². The summed E-state index contributed by atoms with van der Waals surface area (Å²) in [4.78, 5) is 23.6. The summed E-state index contributed by atoms with van der Waals surface area (Å²) in [5.74, 6) is 0.909. The average Bonchev–Trinajstić information content (AvgIpc) is 3.05. The zero-order chi connectivity index (χ0) is 16.4. The van der Waals surface area contributed by atoms with Crippen LogP contribution in [0.4, 0.5) is 5.95 Å². The number of H-pyrrole nitrogens is 1. The van der Waals surface area contributed by atoms with Gasteiger partial charge in [0.2, 0.25) is 5.95 Å². The van der Waals surface area contributed by atoms with Crippen molar-refractivity contribution in [2.75, 3.05) is 5.73 Å². The van der Waals surface area contributed by atoms with Crippen LogP contribution < -0.4 is 10.5 Å². The van der Waals surface area contributed by atoms with Crippen molar-refractivity contribution < 1.29 is 4.74 Å². The van der Waals surface area contributed by atoms with Crippen LogP contribution in [0.25, 0.3) is 22.3 Å². The van der Waals surface area contributed by atoms with Gasteiger partial charge in [-0.2, -0.15) is 0 Å². The number of ether oxygens (including phenoxy) is 1. The number of nitrogens with zero attached hydrogens (tertiary/aromatic N) is 5. The molecule has 0 spiro atoms. The van der Waals surface area contributed by atoms with Gasteiger partial charge in [0.25, 0.3) is 0 Å². The summed E-state index contributed by atoms with van der Waals surface area (Å²) in [5, 5.41) is 0.840. The van der Waals surface area contributed by atoms with E-state index in [2.05, 4.69) is 29.9 Å². The zero-order valence-corrected chi connectivity index (χ0v) is 12.5. The molecule has 0 unspecified atom stereocenters. The van der Waals surface area contributed by atoms with Crippen LogP contribution in [0.2, 0.25) is 0 Å². The molecule has 0 radical (unpaired) electrons. The second-order valence-electron chi connectivity index (χ2n) is 5.07. The first kappa shape index (κ1) is 14.1. The molecule has 0 bridgehead atoms. The lowest BCUT2D eigenvalue weighted by Gasteiger charge is -2.08. The van der Waals surface area contributed by atoms with Crippen LogP contribution in [-0.2, 0) is 6.61 Å². The van der Waals surface area contributed by atoms with E-state index < -0.39 is 0 Å². The fraction of sp³-hybridized carbons (Fsp3) is 0.0625. The van der Waals surface area contributed by atoms with Crippen molar-refractivity contribution >= 4 is 17.0 Å². The average molecular weight is 319 g/mol. The van der Waals surface area contributed by atoms with E-state index >= 15 is 0 Å². The van der Waals surface area contributed by atoms with E-state index in [1.165, 1.54) is 6.33 Å². The lowest BCUT2D eigenvalue weighted by atomic mass is 10.1. The Kier molecular flexibility index (Phi) is 3.47. The molecule has 0 amide bonds. The smallest absolute Gasteiger partial charge is 0.220 e. The molecule has 0 aromatic carbocycles. The first-order valence-electron chi connectivity index (χ1n) is 7.23. The Morgan fingerprint density at radius 2 is 1.92 bits per heavy atom. The van der Waals surface area contributed by atoms with Crippen LogP contribution in [0.5, 0.6) is 5.75 Å². The van der Waals surface area contributed by atoms with Gasteiger partial charge in [-0.1, -0.05) is 0 Å². The van der Waals surface area contributed by atoms with Gasteiger partial charge in [0.1, 0.15) is 24.3 Å². The van der Waals surface area contributed by atoms with E-state index in [0.717, 1.165) is 16.5 Å². The van der Waals surface area contributed by atoms with Crippen molar-refractivity contribution in [3.8, 4) is 17.0 Å². The lowest BCUT2D eigenvalue weighted by Crippen LogP contribution is -1.98. The molecule has 8 heteroatoms. The van der Waals surface area contributed by atoms with Crippen LogP contribution >= 0.6 is 0 Å². The molecule has 0 saturated carbocycles. The van der Waals surface area contributed by atoms with Gasteiger partial charge >= 0.3 is 0 Å². The summed E-state index contributed by atoms with van der Waals surface area (Å²) < 4.78 is 5.94. The van der Waals surface area contributed by atoms with Crippen molar-refractivity contribution in [1.29, 1.82) is 0 Å². The molecule has 4 aromatic heterocycles. The standard InChI is InChI=1S/C16H13N7O/c17-16-21-3-1-12(23-16)11-7-22-15-14(11)13(2-4-20-15)24-8-10-5-18-9-19-6-10/h1-7,9H,8H2,(H,20,22)(H2,17,21,23). The SMILES string of the molecule is Nc1nccc(-c2c[nH]c3nccc(OCc4cncnc4)c23)n1. The highest BCUT2D eigenvalue weighted by Gasteiger charge is 2.14. The molecular formula is C16H13N7O. The first-order chi connectivity index (χ1) is 11.8. The van der Waals surface area contributed by atoms with E-state index in [9.17, 15) is 0 Å². The predicted octanol–water partition coefficient (Wildman–Crippen LogP) is 1.97. The molecule has 0 aliphatic rings. The quantitative estimate of drug-likeness (QED) is 0.590. The highest BCUT2D eigenvalue weighted by molar-refractivity contribution is 5.97. The second-order valence-corrected chi connectivity index (χ2v) is 5.07. The number of aromatic nitrogens is 6. The van der Waals surface area contributed by atoms with Crippen LogP contribution in [0.1, 0.15) is 5.56 Å². The Hall–Kier alpha value is -3.55. The van der Waals surface area contributed by atoms with Gasteiger partial charge in [0.05, 0.1) is 11.1 Å². The van der Waals surface area contributed by atoms with Crippen molar-refractivity contribution in [1.82, 2.24) is 29.9 Å². The number of rotatable bonds is 4. The van der Waals surface area contributed by atoms with E-state index in [4.69, 9.17) is 10.5 Å². The number of aromatic amines is 1. The fourth-order valence-electron chi connectivity index (χ4n) is 2.44. The summed E-state index contributed by atoms with van der Waals surface area (Å²) in [6.07, 6.45) is 10.1. The number of anilines is 1. The van der Waals surface area contributed by atoms with Gasteiger partial charge in [0, 0.05) is 42.1 Å². The Balaban J connectivity index is 1.74. The van der Waals surface area contributed by atoms with Crippen LogP contribution in [0, 0.1) is 0 Å². The Bertz CT molecular complexity index is 984. The predicted molar refractivity (Wildman–Crippen MR) is 87.9 cm³/mol. The number of nitrogens with one attached hydrogen (secondary N) is 1. The fourth-order valence-corrected chi connectivity index (χ4v) is 2.44. The molecule has 8 nitrogen and oxygen atoms in total. The normalized spacial score (nSPS) is 10.8. The minimum Gasteiger partial charge on any atom is -0.488 e. The van der Waals surface area contributed by atoms with Gasteiger partial charge in [-0.05, 0) is 12.1 Å². The van der Waals surface area contributed by atoms with Crippen LogP contribution in [-0.4, -0.2) is 29.9 Å². The Labute approximate surface area is 136 Å². The van der Waals surface area contributed by atoms with E-state index in [1.807, 2.05) is 12.3 Å². The molecule has 0 saturated heterocycles. The van der Waals surface area contributed by atoms with Crippen molar-refractivity contribution in [2.24, 2.45) is 0 Å². The maximum atomic E-state index is 5.94. The third kappa shape index (κ3) is 2.60. The third-order valence-electron chi connectivity index (χ3n) is 3.49. The zero-order valence-electron chi connectivity index (χ0n) is 12.5. The van der Waals surface area contributed by atoms with E-state index in [0.29, 0.717) is 23.7 Å². The largest absolute Gasteiger partial charge is 0.488 e. The maximum absolute atomic E-state index is 5.94. The summed E-state index contributed by atoms with van der Waals surface area (Å²) in [6, 6.07) is 3.61. The Morgan fingerprint density at radius 3 is 2.75 bits per heavy atom. The number of hydrogen-bond donors (Lipinski definition) is 2. The third-order valence-corrected chi connectivity index (χ3v) is 3.49. The molecule has 0 atom stereocenters. The van der Waals surface area contributed by atoms with Gasteiger partial charge in [-0.15, -0.1) is 0 Å². The molecular weight excluding hydrogens is 306 g/mol. The minimum atomic E-state index is 0.217. The van der Waals surface area contributed by atoms with Gasteiger partial charge in [-0.25, -0.2) is 24.9 Å². The molecule has 4 aromatic rings. The number of pyridine rings is 1. The lowest BCUT2D eigenvalue weighted by molar-refractivity contribution is 0.309. The summed E-state index contributed by atoms with van der Waals surface area (Å²) in [5.41, 5.74) is 8.84. The molecule has 24 heavy (non-hydrogen) atoms. The van der Waals surface area contributed by atoms with Gasteiger partial charge < -0.3 is 15.5 Å². The monoisotopic (exact) mass is 319 g/mol. The first-order valence-corrected chi connectivity index (χ1v) is 7.23. The molecule has 4 heterocycles. The van der Waals surface area contributed by atoms with Crippen molar-refractivity contribution in [2.45, 2.75) is 6.61 Å². The van der Waals surface area contributed by atoms with Crippen molar-refractivity contribution in [3.63, 3.8) is 0 Å². The molecule has 0 fully saturated rings.